The zero-order valence-corrected chi connectivity index (χ0v) is 39.5. The third kappa shape index (κ3) is 12.5. The van der Waals surface area contributed by atoms with Crippen LogP contribution < -0.4 is 9.47 Å². The fourth-order valence-corrected chi connectivity index (χ4v) is 10.5. The normalized spacial score (nSPS) is 22.0. The van der Waals surface area contributed by atoms with Crippen LogP contribution >= 0.6 is 11.8 Å². The number of nitro benzene ring substituents is 1. The molecule has 6 atom stereocenters. The third-order valence-corrected chi connectivity index (χ3v) is 13.9. The van der Waals surface area contributed by atoms with Crippen molar-refractivity contribution >= 4 is 29.3 Å². The summed E-state index contributed by atoms with van der Waals surface area (Å²) in [5, 5.41) is 36.1. The number of amides is 1. The second-order valence-corrected chi connectivity index (χ2v) is 18.4. The number of allylic oxidation sites excluding steroid dienone is 1. The Hall–Kier alpha value is -5.71. The summed E-state index contributed by atoms with van der Waals surface area (Å²) in [5.41, 5.74) is 4.10. The lowest BCUT2D eigenvalue weighted by molar-refractivity contribution is -0.384. The maximum Gasteiger partial charge on any atom is 0.410 e. The zero-order valence-electron chi connectivity index (χ0n) is 38.7. The fraction of sp³-hybridized carbons (Fsp3) is 0.434. The van der Waals surface area contributed by atoms with Crippen LogP contribution in [0.1, 0.15) is 67.6 Å². The molecule has 0 spiro atoms. The predicted molar refractivity (Wildman–Crippen MR) is 261 cm³/mol. The van der Waals surface area contributed by atoms with E-state index < -0.39 is 28.8 Å². The monoisotopic (exact) mass is 949 g/mol. The van der Waals surface area contributed by atoms with Crippen molar-refractivity contribution in [2.75, 3.05) is 52.4 Å². The number of fused-ring (bicyclic) bond motifs is 2. The molecule has 4 aromatic carbocycles. The van der Waals surface area contributed by atoms with E-state index in [1.165, 1.54) is 17.0 Å². The van der Waals surface area contributed by atoms with Crippen LogP contribution in [0, 0.1) is 27.9 Å². The minimum absolute atomic E-state index is 0.0124. The summed E-state index contributed by atoms with van der Waals surface area (Å²) in [5.74, 6) is -0.139. The van der Waals surface area contributed by atoms with Crippen LogP contribution in [0.3, 0.4) is 0 Å². The van der Waals surface area contributed by atoms with Crippen molar-refractivity contribution in [1.29, 1.82) is 0 Å². The van der Waals surface area contributed by atoms with E-state index in [-0.39, 0.29) is 69.5 Å². The Balaban J connectivity index is 1.28. The maximum absolute atomic E-state index is 14.3. The van der Waals surface area contributed by atoms with E-state index in [9.17, 15) is 25.1 Å². The number of hydrogen-bond donors (Lipinski definition) is 2. The SMILES string of the molecule is C=CCOC12Oc3ccc(OCCSc4ccccc4)cc3C3C(CCCCO)C(CCCCO)C=C(C(=NOCc4ccc([N+](=O)[O-])cc4)CC1N(C)C(=O)OCCOCc1ccccc1)C32. The number of nitro groups is 1. The molecule has 7 rings (SSSR count). The first-order chi connectivity index (χ1) is 33.3. The van der Waals surface area contributed by atoms with Crippen LogP contribution in [-0.4, -0.2) is 96.1 Å². The standard InChI is InChI=1S/C53H63N3O11S/c1-3-28-65-53-49(55(2)52(59)64-30-29-62-36-38-14-6-4-7-15-38)35-47(54-66-37-39-20-22-41(23-21-39)56(60)61)45-33-40(16-10-12-26-57)44(19-11-13-27-58)50(51(45)53)46-34-42(24-25-48(46)67-53)63-31-32-68-43-17-8-5-9-18-43/h3-9,14-15,17-18,20-25,33-34,40,44,49-51,57-58H,1,10-13,16,19,26-32,35-37H2,2H3. The summed E-state index contributed by atoms with van der Waals surface area (Å²) in [4.78, 5) is 34.0. The van der Waals surface area contributed by atoms with Crippen molar-refractivity contribution in [2.45, 2.75) is 80.8 Å². The summed E-state index contributed by atoms with van der Waals surface area (Å²) >= 11 is 1.72. The fourth-order valence-electron chi connectivity index (χ4n) is 9.73. The van der Waals surface area contributed by atoms with Crippen molar-refractivity contribution in [3.8, 4) is 11.5 Å². The maximum atomic E-state index is 14.3. The van der Waals surface area contributed by atoms with E-state index in [0.717, 1.165) is 53.0 Å². The number of oxime groups is 1. The van der Waals surface area contributed by atoms with Crippen LogP contribution in [0.25, 0.3) is 0 Å². The molecule has 2 N–H and O–H groups in total. The molecule has 1 fully saturated rings. The first kappa shape index (κ1) is 50.2. The van der Waals surface area contributed by atoms with Gasteiger partial charge in [-0.1, -0.05) is 78.7 Å². The van der Waals surface area contributed by atoms with Gasteiger partial charge in [0.25, 0.3) is 5.69 Å². The lowest BCUT2D eigenvalue weighted by Crippen LogP contribution is -2.69. The average molecular weight is 950 g/mol. The molecule has 6 unspecified atom stereocenters. The van der Waals surface area contributed by atoms with Crippen LogP contribution in [0.2, 0.25) is 0 Å². The van der Waals surface area contributed by atoms with E-state index in [4.69, 9.17) is 33.7 Å². The number of carbonyl (C=O) groups is 1. The van der Waals surface area contributed by atoms with Crippen LogP contribution in [0.4, 0.5) is 10.5 Å². The molecule has 3 aliphatic rings. The molecule has 1 amide bonds. The lowest BCUT2D eigenvalue weighted by Gasteiger charge is -2.59. The molecule has 14 nitrogen and oxygen atoms in total. The molecular weight excluding hydrogens is 887 g/mol. The van der Waals surface area contributed by atoms with Gasteiger partial charge in [-0.25, -0.2) is 4.79 Å². The predicted octanol–water partition coefficient (Wildman–Crippen LogP) is 9.88. The van der Waals surface area contributed by atoms with Gasteiger partial charge < -0.3 is 43.6 Å². The Bertz CT molecular complexity index is 2320. The van der Waals surface area contributed by atoms with Crippen molar-refractivity contribution in [2.24, 2.45) is 22.9 Å². The highest BCUT2D eigenvalue weighted by Crippen LogP contribution is 2.62. The molecule has 1 saturated carbocycles. The molecule has 0 aromatic heterocycles. The van der Waals surface area contributed by atoms with Gasteiger partial charge in [0.05, 0.1) is 43.0 Å². The van der Waals surface area contributed by atoms with Crippen LogP contribution in [0.5, 0.6) is 11.5 Å². The van der Waals surface area contributed by atoms with E-state index >= 15 is 0 Å². The van der Waals surface area contributed by atoms with E-state index in [2.05, 4.69) is 30.9 Å². The Labute approximate surface area is 403 Å². The molecule has 0 radical (unpaired) electrons. The number of carbonyl (C=O) groups excluding carboxylic acids is 1. The summed E-state index contributed by atoms with van der Waals surface area (Å²) in [6, 6.07) is 31.2. The van der Waals surface area contributed by atoms with Gasteiger partial charge >= 0.3 is 6.09 Å². The molecule has 1 heterocycles. The first-order valence-corrected chi connectivity index (χ1v) is 24.5. The van der Waals surface area contributed by atoms with Gasteiger partial charge in [0.2, 0.25) is 5.79 Å². The number of aliphatic hydroxyl groups is 2. The van der Waals surface area contributed by atoms with Crippen molar-refractivity contribution in [1.82, 2.24) is 4.90 Å². The molecule has 2 aliphatic carbocycles. The number of unbranched alkanes of at least 4 members (excludes halogenated alkanes) is 2. The summed E-state index contributed by atoms with van der Waals surface area (Å²) in [6.45, 7) is 5.35. The number of nitrogens with zero attached hydrogens (tertiary/aromatic N) is 3. The number of thioether (sulfide) groups is 1. The smallest absolute Gasteiger partial charge is 0.410 e. The molecular formula is C53H63N3O11S. The van der Waals surface area contributed by atoms with Crippen LogP contribution in [0.15, 0.2) is 137 Å². The minimum atomic E-state index is -1.47. The summed E-state index contributed by atoms with van der Waals surface area (Å²) in [6.07, 6.45) is 7.92. The molecule has 68 heavy (non-hydrogen) atoms. The second-order valence-electron chi connectivity index (χ2n) is 17.2. The minimum Gasteiger partial charge on any atom is -0.493 e. The van der Waals surface area contributed by atoms with Crippen molar-refractivity contribution < 1.29 is 48.5 Å². The average Bonchev–Trinajstić information content (AvgIpc) is 3.36. The number of hydrogen-bond acceptors (Lipinski definition) is 13. The Morgan fingerprint density at radius 1 is 0.926 bits per heavy atom. The summed E-state index contributed by atoms with van der Waals surface area (Å²) < 4.78 is 32.4. The molecule has 0 bridgehead atoms. The van der Waals surface area contributed by atoms with Gasteiger partial charge in [0.15, 0.2) is 0 Å². The number of likely N-dealkylation sites (N-methyl/N-ethyl adjacent to an activating group) is 1. The highest BCUT2D eigenvalue weighted by atomic mass is 32.2. The highest BCUT2D eigenvalue weighted by molar-refractivity contribution is 7.99. The van der Waals surface area contributed by atoms with Crippen LogP contribution in [-0.2, 0) is 32.3 Å². The largest absolute Gasteiger partial charge is 0.493 e. The van der Waals surface area contributed by atoms with Gasteiger partial charge in [0.1, 0.15) is 30.8 Å². The number of ether oxygens (including phenoxy) is 5. The molecule has 4 aromatic rings. The number of aliphatic hydroxyl groups excluding tert-OH is 2. The van der Waals surface area contributed by atoms with E-state index in [1.807, 2.05) is 60.7 Å². The van der Waals surface area contributed by atoms with Gasteiger partial charge in [-0.3, -0.25) is 10.1 Å². The third-order valence-electron chi connectivity index (χ3n) is 12.9. The van der Waals surface area contributed by atoms with Crippen molar-refractivity contribution in [3.63, 3.8) is 0 Å². The Kier molecular flexibility index (Phi) is 18.5. The van der Waals surface area contributed by atoms with Gasteiger partial charge in [-0.2, -0.15) is 0 Å². The van der Waals surface area contributed by atoms with Crippen molar-refractivity contribution in [3.05, 3.63) is 154 Å². The zero-order chi connectivity index (χ0) is 47.7. The number of rotatable bonds is 26. The quantitative estimate of drug-likeness (QED) is 0.0201. The molecule has 15 heteroatoms. The number of benzene rings is 4. The topological polar surface area (TPSA) is 172 Å². The molecule has 362 valence electrons. The van der Waals surface area contributed by atoms with Gasteiger partial charge in [0, 0.05) is 60.9 Å². The Morgan fingerprint density at radius 2 is 1.65 bits per heavy atom. The molecule has 1 aliphatic heterocycles. The second kappa shape index (κ2) is 25.1. The Morgan fingerprint density at radius 3 is 2.37 bits per heavy atom. The highest BCUT2D eigenvalue weighted by Gasteiger charge is 2.65. The lowest BCUT2D eigenvalue weighted by atomic mass is 9.55. The van der Waals surface area contributed by atoms with E-state index in [1.54, 1.807) is 37.0 Å². The van der Waals surface area contributed by atoms with Gasteiger partial charge in [-0.05, 0) is 96.7 Å². The first-order valence-electron chi connectivity index (χ1n) is 23.5. The summed E-state index contributed by atoms with van der Waals surface area (Å²) in [7, 11) is 1.68. The van der Waals surface area contributed by atoms with E-state index in [0.29, 0.717) is 48.8 Å². The van der Waals surface area contributed by atoms with Gasteiger partial charge in [-0.15, -0.1) is 18.3 Å². The number of non-ortho nitro benzene ring substituents is 1. The molecule has 0 saturated heterocycles.